The van der Waals surface area contributed by atoms with Crippen LogP contribution in [0.1, 0.15) is 29.9 Å². The van der Waals surface area contributed by atoms with Gasteiger partial charge in [-0.3, -0.25) is 14.2 Å². The molecule has 0 saturated carbocycles. The summed E-state index contributed by atoms with van der Waals surface area (Å²) in [6, 6.07) is 1.92. The SMILES string of the molecule is Cc1cc(CNC(=O)C2CCCN(S(=O)(=O)c3cnn(C)c3C)C2)nn1C. The number of carbonyl (C=O) groups excluding carboxylic acids is 1. The van der Waals surface area contributed by atoms with Crippen molar-refractivity contribution in [3.8, 4) is 0 Å². The van der Waals surface area contributed by atoms with Crippen LogP contribution in [-0.2, 0) is 35.5 Å². The van der Waals surface area contributed by atoms with Crippen molar-refractivity contribution < 1.29 is 13.2 Å². The maximum absolute atomic E-state index is 12.9. The fourth-order valence-electron chi connectivity index (χ4n) is 3.29. The van der Waals surface area contributed by atoms with Gasteiger partial charge in [-0.1, -0.05) is 0 Å². The van der Waals surface area contributed by atoms with E-state index in [9.17, 15) is 13.2 Å². The average Bonchev–Trinajstić information content (AvgIpc) is 3.15. The van der Waals surface area contributed by atoms with Crippen molar-refractivity contribution >= 4 is 15.9 Å². The summed E-state index contributed by atoms with van der Waals surface area (Å²) in [4.78, 5) is 12.8. The first-order valence-electron chi connectivity index (χ1n) is 8.96. The molecule has 2 aromatic rings. The number of nitrogens with one attached hydrogen (secondary N) is 1. The summed E-state index contributed by atoms with van der Waals surface area (Å²) in [5, 5.41) is 11.2. The zero-order valence-corrected chi connectivity index (χ0v) is 17.0. The first kappa shape index (κ1) is 19.6. The molecule has 0 aliphatic carbocycles. The maximum atomic E-state index is 12.9. The normalized spacial score (nSPS) is 18.6. The van der Waals surface area contributed by atoms with Crippen LogP contribution in [0.5, 0.6) is 0 Å². The molecule has 9 nitrogen and oxygen atoms in total. The molecule has 0 spiro atoms. The molecule has 1 saturated heterocycles. The predicted octanol–water partition coefficient (Wildman–Crippen LogP) is 0.488. The minimum absolute atomic E-state index is 0.138. The van der Waals surface area contributed by atoms with Crippen molar-refractivity contribution in [2.24, 2.45) is 20.0 Å². The smallest absolute Gasteiger partial charge is 0.246 e. The molecule has 148 valence electrons. The van der Waals surface area contributed by atoms with Crippen LogP contribution in [-0.4, -0.2) is 51.3 Å². The Balaban J connectivity index is 1.66. The van der Waals surface area contributed by atoms with Gasteiger partial charge in [0.2, 0.25) is 15.9 Å². The lowest BCUT2D eigenvalue weighted by molar-refractivity contribution is -0.126. The Bertz CT molecular complexity index is 927. The number of amides is 1. The number of nitrogens with zero attached hydrogens (tertiary/aromatic N) is 5. The van der Waals surface area contributed by atoms with Gasteiger partial charge < -0.3 is 5.32 Å². The van der Waals surface area contributed by atoms with Gasteiger partial charge in [-0.05, 0) is 32.8 Å². The standard InChI is InChI=1S/C17H26N6O3S/c1-12-8-15(20-21(12)3)9-18-17(24)14-6-5-7-23(11-14)27(25,26)16-10-19-22(4)13(16)2/h8,10,14H,5-7,9,11H2,1-4H3,(H,18,24). The molecule has 1 aliphatic heterocycles. The molecule has 1 amide bonds. The van der Waals surface area contributed by atoms with E-state index >= 15 is 0 Å². The molecular formula is C17H26N6O3S. The van der Waals surface area contributed by atoms with E-state index in [0.29, 0.717) is 31.6 Å². The number of hydrogen-bond acceptors (Lipinski definition) is 5. The third-order valence-electron chi connectivity index (χ3n) is 5.17. The zero-order valence-electron chi connectivity index (χ0n) is 16.1. The van der Waals surface area contributed by atoms with Crippen LogP contribution in [0.3, 0.4) is 0 Å². The van der Waals surface area contributed by atoms with Gasteiger partial charge in [0.05, 0.1) is 30.0 Å². The second-order valence-corrected chi connectivity index (χ2v) is 8.94. The van der Waals surface area contributed by atoms with Gasteiger partial charge in [0.25, 0.3) is 0 Å². The van der Waals surface area contributed by atoms with Crippen LogP contribution >= 0.6 is 0 Å². The molecule has 10 heteroatoms. The number of aromatic nitrogens is 4. The molecule has 2 aromatic heterocycles. The minimum Gasteiger partial charge on any atom is -0.350 e. The lowest BCUT2D eigenvalue weighted by Gasteiger charge is -2.31. The lowest BCUT2D eigenvalue weighted by atomic mass is 9.99. The monoisotopic (exact) mass is 394 g/mol. The number of sulfonamides is 1. The van der Waals surface area contributed by atoms with E-state index in [1.165, 1.54) is 15.2 Å². The maximum Gasteiger partial charge on any atom is 0.246 e. The fraction of sp³-hybridized carbons (Fsp3) is 0.588. The van der Waals surface area contributed by atoms with E-state index in [-0.39, 0.29) is 23.3 Å². The lowest BCUT2D eigenvalue weighted by Crippen LogP contribution is -2.45. The van der Waals surface area contributed by atoms with E-state index in [2.05, 4.69) is 15.5 Å². The summed E-state index contributed by atoms with van der Waals surface area (Å²) in [7, 11) is -0.0928. The number of rotatable bonds is 5. The van der Waals surface area contributed by atoms with Gasteiger partial charge >= 0.3 is 0 Å². The Morgan fingerprint density at radius 3 is 2.63 bits per heavy atom. The molecule has 0 radical (unpaired) electrons. The highest BCUT2D eigenvalue weighted by Gasteiger charge is 2.34. The third-order valence-corrected chi connectivity index (χ3v) is 7.14. The van der Waals surface area contributed by atoms with Gasteiger partial charge in [0.1, 0.15) is 4.90 Å². The van der Waals surface area contributed by atoms with Crippen molar-refractivity contribution in [2.45, 2.75) is 38.1 Å². The summed E-state index contributed by atoms with van der Waals surface area (Å²) in [5.41, 5.74) is 2.39. The quantitative estimate of drug-likeness (QED) is 0.795. The molecular weight excluding hydrogens is 368 g/mol. The van der Waals surface area contributed by atoms with Gasteiger partial charge in [-0.25, -0.2) is 8.42 Å². The summed E-state index contributed by atoms with van der Waals surface area (Å²) in [5.74, 6) is -0.503. The van der Waals surface area contributed by atoms with Crippen LogP contribution in [0.4, 0.5) is 0 Å². The summed E-state index contributed by atoms with van der Waals surface area (Å²) < 4.78 is 30.6. The molecule has 0 aromatic carbocycles. The van der Waals surface area contributed by atoms with Crippen LogP contribution in [0, 0.1) is 19.8 Å². The molecule has 1 atom stereocenters. The largest absolute Gasteiger partial charge is 0.350 e. The number of piperidine rings is 1. The molecule has 27 heavy (non-hydrogen) atoms. The van der Waals surface area contributed by atoms with Crippen molar-refractivity contribution in [1.29, 1.82) is 0 Å². The van der Waals surface area contributed by atoms with Crippen molar-refractivity contribution in [1.82, 2.24) is 29.2 Å². The van der Waals surface area contributed by atoms with Crippen LogP contribution in [0.2, 0.25) is 0 Å². The van der Waals surface area contributed by atoms with E-state index in [4.69, 9.17) is 0 Å². The van der Waals surface area contributed by atoms with Crippen LogP contribution in [0.25, 0.3) is 0 Å². The number of hydrogen-bond donors (Lipinski definition) is 1. The molecule has 1 fully saturated rings. The fourth-order valence-corrected chi connectivity index (χ4v) is 5.00. The average molecular weight is 395 g/mol. The topological polar surface area (TPSA) is 102 Å². The second kappa shape index (κ2) is 7.43. The van der Waals surface area contributed by atoms with Gasteiger partial charge in [0.15, 0.2) is 0 Å². The highest BCUT2D eigenvalue weighted by molar-refractivity contribution is 7.89. The first-order chi connectivity index (χ1) is 12.7. The third kappa shape index (κ3) is 3.91. The van der Waals surface area contributed by atoms with Crippen LogP contribution in [0.15, 0.2) is 17.2 Å². The van der Waals surface area contributed by atoms with E-state index < -0.39 is 10.0 Å². The molecule has 1 N–H and O–H groups in total. The van der Waals surface area contributed by atoms with E-state index in [1.807, 2.05) is 20.0 Å². The summed E-state index contributed by atoms with van der Waals surface area (Å²) in [6.45, 7) is 4.61. The number of aryl methyl sites for hydroxylation is 3. The predicted molar refractivity (Wildman–Crippen MR) is 99.2 cm³/mol. The number of carbonyl (C=O) groups is 1. The molecule has 1 unspecified atom stereocenters. The Labute approximate surface area is 159 Å². The van der Waals surface area contributed by atoms with Crippen molar-refractivity contribution in [3.05, 3.63) is 29.3 Å². The molecule has 3 heterocycles. The Hall–Kier alpha value is -2.20. The summed E-state index contributed by atoms with van der Waals surface area (Å²) >= 11 is 0. The minimum atomic E-state index is -3.65. The first-order valence-corrected chi connectivity index (χ1v) is 10.4. The second-order valence-electron chi connectivity index (χ2n) is 7.04. The Morgan fingerprint density at radius 2 is 2.04 bits per heavy atom. The highest BCUT2D eigenvalue weighted by atomic mass is 32.2. The van der Waals surface area contributed by atoms with Gasteiger partial charge in [0, 0.05) is 32.9 Å². The Morgan fingerprint density at radius 1 is 1.30 bits per heavy atom. The summed E-state index contributed by atoms with van der Waals surface area (Å²) in [6.07, 6.45) is 2.70. The van der Waals surface area contributed by atoms with Crippen LogP contribution < -0.4 is 5.32 Å². The van der Waals surface area contributed by atoms with Gasteiger partial charge in [-0.2, -0.15) is 14.5 Å². The van der Waals surface area contributed by atoms with E-state index in [0.717, 1.165) is 11.4 Å². The molecule has 3 rings (SSSR count). The highest BCUT2D eigenvalue weighted by Crippen LogP contribution is 2.25. The van der Waals surface area contributed by atoms with E-state index in [1.54, 1.807) is 18.7 Å². The van der Waals surface area contributed by atoms with Crippen molar-refractivity contribution in [2.75, 3.05) is 13.1 Å². The molecule has 1 aliphatic rings. The van der Waals surface area contributed by atoms with Crippen molar-refractivity contribution in [3.63, 3.8) is 0 Å². The molecule has 0 bridgehead atoms. The Kier molecular flexibility index (Phi) is 5.38. The zero-order chi connectivity index (χ0) is 19.8. The van der Waals surface area contributed by atoms with Gasteiger partial charge in [-0.15, -0.1) is 0 Å².